The zero-order valence-electron chi connectivity index (χ0n) is 9.12. The smallest absolute Gasteiger partial charge is 0.338 e. The summed E-state index contributed by atoms with van der Waals surface area (Å²) < 4.78 is 1.89. The molecule has 1 aromatic heterocycles. The topological polar surface area (TPSA) is 42.2 Å². The average molecular weight is 238 g/mol. The van der Waals surface area contributed by atoms with Crippen LogP contribution in [-0.4, -0.2) is 15.6 Å². The molecule has 2 rings (SSSR count). The molecule has 1 heterocycles. The molecule has 0 unspecified atom stereocenters. The monoisotopic (exact) mass is 237 g/mol. The summed E-state index contributed by atoms with van der Waals surface area (Å²) in [6, 6.07) is 5.43. The molecule has 0 spiro atoms. The van der Waals surface area contributed by atoms with Gasteiger partial charge >= 0.3 is 5.97 Å². The maximum Gasteiger partial charge on any atom is 0.338 e. The number of halogens is 1. The van der Waals surface area contributed by atoms with E-state index in [1.807, 2.05) is 30.7 Å². The number of fused-ring (bicyclic) bond motifs is 1. The third kappa shape index (κ3) is 1.39. The Morgan fingerprint density at radius 1 is 1.50 bits per heavy atom. The fraction of sp³-hybridized carbons (Fsp3) is 0.250. The SMILES string of the molecule is CCc1c(C(=O)O)c2c(Cl)cccc2n1C. The Balaban J connectivity index is 2.99. The molecule has 0 aliphatic rings. The number of carboxylic acid groups (broad SMARTS) is 1. The summed E-state index contributed by atoms with van der Waals surface area (Å²) in [6.45, 7) is 1.94. The minimum atomic E-state index is -0.921. The normalized spacial score (nSPS) is 10.9. The predicted octanol–water partition coefficient (Wildman–Crippen LogP) is 3.09. The Hall–Kier alpha value is -1.48. The van der Waals surface area contributed by atoms with E-state index in [1.54, 1.807) is 6.07 Å². The van der Waals surface area contributed by atoms with Crippen LogP contribution in [0.15, 0.2) is 18.2 Å². The molecule has 0 amide bonds. The number of hydrogen-bond donors (Lipinski definition) is 1. The highest BCUT2D eigenvalue weighted by Crippen LogP contribution is 2.31. The number of aromatic carboxylic acids is 1. The van der Waals surface area contributed by atoms with E-state index in [0.717, 1.165) is 11.2 Å². The summed E-state index contributed by atoms with van der Waals surface area (Å²) in [6.07, 6.45) is 0.670. The second-order valence-corrected chi connectivity index (χ2v) is 4.08. The third-order valence-corrected chi connectivity index (χ3v) is 3.16. The van der Waals surface area contributed by atoms with Crippen molar-refractivity contribution in [2.75, 3.05) is 0 Å². The molecular weight excluding hydrogens is 226 g/mol. The quantitative estimate of drug-likeness (QED) is 0.872. The molecule has 3 nitrogen and oxygen atoms in total. The molecule has 1 aromatic carbocycles. The molecule has 0 aliphatic heterocycles. The zero-order chi connectivity index (χ0) is 11.9. The van der Waals surface area contributed by atoms with Gasteiger partial charge in [0.1, 0.15) is 0 Å². The Bertz CT molecular complexity index is 572. The molecule has 4 heteroatoms. The van der Waals surface area contributed by atoms with Crippen LogP contribution in [0.1, 0.15) is 23.0 Å². The van der Waals surface area contributed by atoms with Crippen molar-refractivity contribution in [1.29, 1.82) is 0 Å². The lowest BCUT2D eigenvalue weighted by Gasteiger charge is -2.01. The molecule has 0 atom stereocenters. The van der Waals surface area contributed by atoms with Gasteiger partial charge in [0, 0.05) is 18.1 Å². The number of carbonyl (C=O) groups is 1. The number of hydrogen-bond acceptors (Lipinski definition) is 1. The lowest BCUT2D eigenvalue weighted by Crippen LogP contribution is -2.02. The van der Waals surface area contributed by atoms with Crippen LogP contribution < -0.4 is 0 Å². The largest absolute Gasteiger partial charge is 0.478 e. The predicted molar refractivity (Wildman–Crippen MR) is 64.3 cm³/mol. The van der Waals surface area contributed by atoms with Gasteiger partial charge in [-0.1, -0.05) is 24.6 Å². The minimum absolute atomic E-state index is 0.325. The number of rotatable bonds is 2. The van der Waals surface area contributed by atoms with E-state index in [4.69, 9.17) is 11.6 Å². The molecule has 1 N–H and O–H groups in total. The van der Waals surface area contributed by atoms with Crippen LogP contribution in [0.3, 0.4) is 0 Å². The van der Waals surface area contributed by atoms with Gasteiger partial charge in [0.05, 0.1) is 16.1 Å². The Morgan fingerprint density at radius 2 is 2.19 bits per heavy atom. The highest BCUT2D eigenvalue weighted by atomic mass is 35.5. The number of benzene rings is 1. The van der Waals surface area contributed by atoms with Crippen molar-refractivity contribution in [3.05, 3.63) is 34.5 Å². The standard InChI is InChI=1S/C12H12ClNO2/c1-3-8-11(12(15)16)10-7(13)5-4-6-9(10)14(8)2/h4-6H,3H2,1-2H3,(H,15,16). The molecule has 0 saturated carbocycles. The van der Waals surface area contributed by atoms with Crippen LogP contribution in [0.4, 0.5) is 0 Å². The van der Waals surface area contributed by atoms with E-state index < -0.39 is 5.97 Å². The van der Waals surface area contributed by atoms with Crippen molar-refractivity contribution in [1.82, 2.24) is 4.57 Å². The molecular formula is C12H12ClNO2. The second-order valence-electron chi connectivity index (χ2n) is 3.67. The van der Waals surface area contributed by atoms with Crippen LogP contribution in [0.5, 0.6) is 0 Å². The van der Waals surface area contributed by atoms with Crippen molar-refractivity contribution in [3.8, 4) is 0 Å². The van der Waals surface area contributed by atoms with E-state index >= 15 is 0 Å². The first-order valence-electron chi connectivity index (χ1n) is 5.07. The first-order chi connectivity index (χ1) is 7.57. The Kier molecular flexibility index (Phi) is 2.64. The minimum Gasteiger partial charge on any atom is -0.478 e. The molecule has 0 radical (unpaired) electrons. The molecule has 0 aliphatic carbocycles. The van der Waals surface area contributed by atoms with Crippen molar-refractivity contribution in [3.63, 3.8) is 0 Å². The van der Waals surface area contributed by atoms with Gasteiger partial charge in [-0.25, -0.2) is 4.79 Å². The molecule has 16 heavy (non-hydrogen) atoms. The summed E-state index contributed by atoms with van der Waals surface area (Å²) >= 11 is 6.07. The summed E-state index contributed by atoms with van der Waals surface area (Å²) in [4.78, 5) is 11.3. The van der Waals surface area contributed by atoms with Gasteiger partial charge in [0.25, 0.3) is 0 Å². The van der Waals surface area contributed by atoms with Crippen molar-refractivity contribution < 1.29 is 9.90 Å². The van der Waals surface area contributed by atoms with E-state index in [1.165, 1.54) is 0 Å². The van der Waals surface area contributed by atoms with Crippen molar-refractivity contribution in [2.24, 2.45) is 7.05 Å². The van der Waals surface area contributed by atoms with E-state index in [-0.39, 0.29) is 0 Å². The number of carboxylic acids is 1. The van der Waals surface area contributed by atoms with Gasteiger partial charge < -0.3 is 9.67 Å². The highest BCUT2D eigenvalue weighted by molar-refractivity contribution is 6.36. The van der Waals surface area contributed by atoms with Gasteiger partial charge in [0.2, 0.25) is 0 Å². The molecule has 0 fully saturated rings. The number of aromatic nitrogens is 1. The zero-order valence-corrected chi connectivity index (χ0v) is 9.88. The van der Waals surface area contributed by atoms with Gasteiger partial charge in [0.15, 0.2) is 0 Å². The Labute approximate surface area is 98.3 Å². The lowest BCUT2D eigenvalue weighted by molar-refractivity contribution is 0.0697. The summed E-state index contributed by atoms with van der Waals surface area (Å²) in [5, 5.41) is 10.4. The van der Waals surface area contributed by atoms with Crippen LogP contribution in [0, 0.1) is 0 Å². The summed E-state index contributed by atoms with van der Waals surface area (Å²) in [5.41, 5.74) is 1.99. The highest BCUT2D eigenvalue weighted by Gasteiger charge is 2.20. The number of nitrogens with zero attached hydrogens (tertiary/aromatic N) is 1. The fourth-order valence-corrected chi connectivity index (χ4v) is 2.41. The van der Waals surface area contributed by atoms with Gasteiger partial charge in [-0.2, -0.15) is 0 Å². The maximum atomic E-state index is 11.3. The fourth-order valence-electron chi connectivity index (χ4n) is 2.14. The average Bonchev–Trinajstić information content (AvgIpc) is 2.53. The van der Waals surface area contributed by atoms with Gasteiger partial charge in [-0.05, 0) is 18.6 Å². The third-order valence-electron chi connectivity index (χ3n) is 2.85. The molecule has 2 aromatic rings. The first-order valence-corrected chi connectivity index (χ1v) is 5.44. The second kappa shape index (κ2) is 3.83. The van der Waals surface area contributed by atoms with Crippen molar-refractivity contribution in [2.45, 2.75) is 13.3 Å². The Morgan fingerprint density at radius 3 is 2.75 bits per heavy atom. The summed E-state index contributed by atoms with van der Waals surface area (Å²) in [5.74, 6) is -0.921. The maximum absolute atomic E-state index is 11.3. The summed E-state index contributed by atoms with van der Waals surface area (Å²) in [7, 11) is 1.87. The molecule has 0 bridgehead atoms. The van der Waals surface area contributed by atoms with Gasteiger partial charge in [-0.3, -0.25) is 0 Å². The lowest BCUT2D eigenvalue weighted by atomic mass is 10.1. The number of aryl methyl sites for hydroxylation is 1. The van der Waals surface area contributed by atoms with Crippen LogP contribution in [-0.2, 0) is 13.5 Å². The molecule has 0 saturated heterocycles. The van der Waals surface area contributed by atoms with Crippen LogP contribution in [0.2, 0.25) is 5.02 Å². The van der Waals surface area contributed by atoms with E-state index in [9.17, 15) is 9.90 Å². The van der Waals surface area contributed by atoms with Gasteiger partial charge in [-0.15, -0.1) is 0 Å². The van der Waals surface area contributed by atoms with Crippen LogP contribution in [0.25, 0.3) is 10.9 Å². The van der Waals surface area contributed by atoms with Crippen molar-refractivity contribution >= 4 is 28.5 Å². The van der Waals surface area contributed by atoms with E-state index in [0.29, 0.717) is 22.4 Å². The molecule has 84 valence electrons. The van der Waals surface area contributed by atoms with E-state index in [2.05, 4.69) is 0 Å². The first kappa shape index (κ1) is 11.0. The van der Waals surface area contributed by atoms with Crippen LogP contribution >= 0.6 is 11.6 Å².